The predicted molar refractivity (Wildman–Crippen MR) is 129 cm³/mol. The van der Waals surface area contributed by atoms with Crippen LogP contribution < -0.4 is 0 Å². The quantitative estimate of drug-likeness (QED) is 0.409. The van der Waals surface area contributed by atoms with E-state index in [1.807, 2.05) is 64.0 Å². The van der Waals surface area contributed by atoms with Crippen molar-refractivity contribution in [2.45, 2.75) is 25.3 Å². The van der Waals surface area contributed by atoms with Crippen LogP contribution in [0, 0.1) is 0 Å². The predicted octanol–water partition coefficient (Wildman–Crippen LogP) is 4.76. The Bertz CT molecular complexity index is 1440. The van der Waals surface area contributed by atoms with E-state index in [0.29, 0.717) is 13.1 Å². The Morgan fingerprint density at radius 1 is 0.939 bits per heavy atom. The van der Waals surface area contributed by atoms with Gasteiger partial charge in [-0.25, -0.2) is 0 Å². The molecule has 2 aromatic carbocycles. The van der Waals surface area contributed by atoms with Gasteiger partial charge in [-0.15, -0.1) is 10.2 Å². The smallest absolute Gasteiger partial charge is 0.242 e. The van der Waals surface area contributed by atoms with Crippen molar-refractivity contribution in [1.82, 2.24) is 24.1 Å². The van der Waals surface area contributed by atoms with Crippen molar-refractivity contribution in [2.24, 2.45) is 0 Å². The number of amides is 1. The number of para-hydroxylation sites is 1. The molecule has 0 bridgehead atoms. The Hall–Kier alpha value is -3.93. The van der Waals surface area contributed by atoms with Crippen LogP contribution in [0.3, 0.4) is 0 Å². The van der Waals surface area contributed by atoms with Crippen LogP contribution in [0.1, 0.15) is 24.6 Å². The third-order valence-electron chi connectivity index (χ3n) is 6.65. The van der Waals surface area contributed by atoms with E-state index in [2.05, 4.69) is 45.1 Å². The highest BCUT2D eigenvalue weighted by Gasteiger charge is 2.28. The molecule has 0 saturated carbocycles. The Kier molecular flexibility index (Phi) is 4.91. The molecule has 6 rings (SSSR count). The number of hydrogen-bond donors (Lipinski definition) is 0. The van der Waals surface area contributed by atoms with Crippen molar-refractivity contribution < 1.29 is 4.79 Å². The number of piperidine rings is 1. The van der Waals surface area contributed by atoms with E-state index in [9.17, 15) is 4.79 Å². The summed E-state index contributed by atoms with van der Waals surface area (Å²) >= 11 is 0. The molecule has 5 aromatic rings. The zero-order valence-corrected chi connectivity index (χ0v) is 18.3. The molecule has 0 aliphatic carbocycles. The Morgan fingerprint density at radius 2 is 1.76 bits per heavy atom. The molecular formula is C27H25N5O. The largest absolute Gasteiger partial charge is 0.340 e. The molecule has 1 aliphatic heterocycles. The van der Waals surface area contributed by atoms with Crippen LogP contribution in [0.25, 0.3) is 27.8 Å². The fourth-order valence-electron chi connectivity index (χ4n) is 5.02. The topological polar surface area (TPSA) is 55.4 Å². The standard InChI is InChI=1S/C27H25N5O/c33-26(30-15-8-12-22(18-30)27-29-28-25-14-6-7-16-31(25)27)19-32-23-13-5-4-11-21(23)17-24(32)20-9-2-1-3-10-20/h1-7,9-11,13-14,16-17,22H,8,12,15,18-19H2. The number of hydrogen-bond acceptors (Lipinski definition) is 3. The molecule has 3 aromatic heterocycles. The van der Waals surface area contributed by atoms with E-state index in [1.54, 1.807) is 0 Å². The maximum absolute atomic E-state index is 13.5. The van der Waals surface area contributed by atoms with Crippen LogP contribution in [-0.4, -0.2) is 43.1 Å². The maximum Gasteiger partial charge on any atom is 0.242 e. The normalized spacial score (nSPS) is 16.5. The first-order chi connectivity index (χ1) is 16.3. The number of likely N-dealkylation sites (tertiary alicyclic amines) is 1. The second-order valence-corrected chi connectivity index (χ2v) is 8.71. The molecule has 164 valence electrons. The third-order valence-corrected chi connectivity index (χ3v) is 6.65. The molecular weight excluding hydrogens is 410 g/mol. The van der Waals surface area contributed by atoms with E-state index in [-0.39, 0.29) is 11.8 Å². The molecule has 0 spiro atoms. The van der Waals surface area contributed by atoms with Gasteiger partial charge in [0, 0.05) is 41.8 Å². The molecule has 1 atom stereocenters. The van der Waals surface area contributed by atoms with Crippen molar-refractivity contribution in [1.29, 1.82) is 0 Å². The van der Waals surface area contributed by atoms with Gasteiger partial charge in [0.05, 0.1) is 0 Å². The molecule has 6 heteroatoms. The van der Waals surface area contributed by atoms with Gasteiger partial charge < -0.3 is 9.47 Å². The second kappa shape index (κ2) is 8.20. The summed E-state index contributed by atoms with van der Waals surface area (Å²) in [4.78, 5) is 15.5. The van der Waals surface area contributed by atoms with Crippen molar-refractivity contribution >= 4 is 22.5 Å². The van der Waals surface area contributed by atoms with Crippen molar-refractivity contribution in [2.75, 3.05) is 13.1 Å². The lowest BCUT2D eigenvalue weighted by Crippen LogP contribution is -2.41. The Morgan fingerprint density at radius 3 is 2.67 bits per heavy atom. The Balaban J connectivity index is 1.29. The summed E-state index contributed by atoms with van der Waals surface area (Å²) in [5.41, 5.74) is 4.12. The summed E-state index contributed by atoms with van der Waals surface area (Å²) in [7, 11) is 0. The van der Waals surface area contributed by atoms with E-state index >= 15 is 0 Å². The molecule has 0 N–H and O–H groups in total. The van der Waals surface area contributed by atoms with E-state index < -0.39 is 0 Å². The molecule has 1 unspecified atom stereocenters. The number of pyridine rings is 1. The van der Waals surface area contributed by atoms with Gasteiger partial charge in [0.1, 0.15) is 12.4 Å². The second-order valence-electron chi connectivity index (χ2n) is 8.71. The van der Waals surface area contributed by atoms with Gasteiger partial charge in [-0.05, 0) is 42.7 Å². The van der Waals surface area contributed by atoms with Gasteiger partial charge in [0.2, 0.25) is 5.91 Å². The highest BCUT2D eigenvalue weighted by molar-refractivity contribution is 5.89. The molecule has 6 nitrogen and oxygen atoms in total. The fraction of sp³-hybridized carbons (Fsp3) is 0.222. The minimum atomic E-state index is 0.145. The van der Waals surface area contributed by atoms with Gasteiger partial charge in [-0.3, -0.25) is 9.20 Å². The van der Waals surface area contributed by atoms with Crippen molar-refractivity contribution in [3.8, 4) is 11.3 Å². The number of carbonyl (C=O) groups excluding carboxylic acids is 1. The summed E-state index contributed by atoms with van der Waals surface area (Å²) in [6, 6.07) is 26.7. The summed E-state index contributed by atoms with van der Waals surface area (Å²) in [6.07, 6.45) is 3.99. The van der Waals surface area contributed by atoms with Gasteiger partial charge in [0.15, 0.2) is 5.65 Å². The number of rotatable bonds is 4. The molecule has 33 heavy (non-hydrogen) atoms. The van der Waals surface area contributed by atoms with Gasteiger partial charge in [-0.1, -0.05) is 54.6 Å². The Labute approximate surface area is 192 Å². The monoisotopic (exact) mass is 435 g/mol. The molecule has 1 fully saturated rings. The number of fused-ring (bicyclic) bond motifs is 2. The van der Waals surface area contributed by atoms with E-state index in [1.165, 1.54) is 0 Å². The van der Waals surface area contributed by atoms with Crippen LogP contribution in [0.15, 0.2) is 85.1 Å². The minimum Gasteiger partial charge on any atom is -0.340 e. The van der Waals surface area contributed by atoms with Crippen molar-refractivity contribution in [3.63, 3.8) is 0 Å². The zero-order valence-electron chi connectivity index (χ0n) is 18.3. The van der Waals surface area contributed by atoms with Crippen LogP contribution in [0.4, 0.5) is 0 Å². The summed E-state index contributed by atoms with van der Waals surface area (Å²) in [5.74, 6) is 1.28. The lowest BCUT2D eigenvalue weighted by Gasteiger charge is -2.32. The zero-order chi connectivity index (χ0) is 22.2. The average Bonchev–Trinajstić information content (AvgIpc) is 3.47. The van der Waals surface area contributed by atoms with Crippen molar-refractivity contribution in [3.05, 3.63) is 90.9 Å². The first-order valence-corrected chi connectivity index (χ1v) is 11.5. The summed E-state index contributed by atoms with van der Waals surface area (Å²) < 4.78 is 4.20. The third kappa shape index (κ3) is 3.57. The first kappa shape index (κ1) is 19.7. The number of carbonyl (C=O) groups is 1. The highest BCUT2D eigenvalue weighted by atomic mass is 16.2. The average molecular weight is 436 g/mol. The molecule has 4 heterocycles. The number of nitrogens with zero attached hydrogens (tertiary/aromatic N) is 5. The summed E-state index contributed by atoms with van der Waals surface area (Å²) in [6.45, 7) is 1.78. The van der Waals surface area contributed by atoms with E-state index in [4.69, 9.17) is 0 Å². The maximum atomic E-state index is 13.5. The first-order valence-electron chi connectivity index (χ1n) is 11.5. The number of benzene rings is 2. The minimum absolute atomic E-state index is 0.145. The molecule has 1 amide bonds. The van der Waals surface area contributed by atoms with Crippen LogP contribution in [0.2, 0.25) is 0 Å². The van der Waals surface area contributed by atoms with Gasteiger partial charge in [-0.2, -0.15) is 0 Å². The SMILES string of the molecule is O=C(Cn1c(-c2ccccc2)cc2ccccc21)N1CCCC(c2nnc3ccccn23)C1. The molecule has 0 radical (unpaired) electrons. The van der Waals surface area contributed by atoms with Crippen LogP contribution >= 0.6 is 0 Å². The van der Waals surface area contributed by atoms with Gasteiger partial charge >= 0.3 is 0 Å². The van der Waals surface area contributed by atoms with Crippen LogP contribution in [0.5, 0.6) is 0 Å². The van der Waals surface area contributed by atoms with E-state index in [0.717, 1.165) is 53.0 Å². The molecule has 1 saturated heterocycles. The highest BCUT2D eigenvalue weighted by Crippen LogP contribution is 2.30. The summed E-state index contributed by atoms with van der Waals surface area (Å²) in [5, 5.41) is 9.91. The lowest BCUT2D eigenvalue weighted by molar-refractivity contribution is -0.133. The number of aromatic nitrogens is 4. The lowest BCUT2D eigenvalue weighted by atomic mass is 9.97. The molecule has 1 aliphatic rings. The van der Waals surface area contributed by atoms with Gasteiger partial charge in [0.25, 0.3) is 0 Å². The van der Waals surface area contributed by atoms with Crippen LogP contribution in [-0.2, 0) is 11.3 Å². The fourth-order valence-corrected chi connectivity index (χ4v) is 5.02.